The molecule has 8 nitrogen and oxygen atoms in total. The summed E-state index contributed by atoms with van der Waals surface area (Å²) in [6.45, 7) is -0.124. The van der Waals surface area contributed by atoms with Gasteiger partial charge in [-0.3, -0.25) is 9.59 Å². The standard InChI is InChI=1S/C14H22N2O6/c15-11(13(19)20)9-8(10(9)12(17)18)6-22-14(21)16-7-4-2-1-3-5-7/h7-11H,1-6,15H2,(H,16,21)(H,17,18)(H,19,20)/t8-,9+,10+,11+/m0/s1. The highest BCUT2D eigenvalue weighted by Gasteiger charge is 2.60. The molecule has 0 aromatic rings. The lowest BCUT2D eigenvalue weighted by molar-refractivity contribution is -0.140. The highest BCUT2D eigenvalue weighted by atomic mass is 16.5. The number of carbonyl (C=O) groups is 3. The smallest absolute Gasteiger partial charge is 0.407 e. The number of hydrogen-bond donors (Lipinski definition) is 4. The van der Waals surface area contributed by atoms with Gasteiger partial charge in [0.15, 0.2) is 0 Å². The summed E-state index contributed by atoms with van der Waals surface area (Å²) in [6.07, 6.45) is 4.58. The van der Waals surface area contributed by atoms with Crippen LogP contribution in [0.5, 0.6) is 0 Å². The minimum absolute atomic E-state index is 0.104. The van der Waals surface area contributed by atoms with Gasteiger partial charge < -0.3 is 26.0 Å². The maximum absolute atomic E-state index is 11.7. The van der Waals surface area contributed by atoms with E-state index < -0.39 is 41.8 Å². The predicted octanol–water partition coefficient (Wildman–Crippen LogP) is 0.404. The van der Waals surface area contributed by atoms with Crippen molar-refractivity contribution in [2.75, 3.05) is 6.61 Å². The highest BCUT2D eigenvalue weighted by Crippen LogP contribution is 2.48. The summed E-state index contributed by atoms with van der Waals surface area (Å²) in [7, 11) is 0. The monoisotopic (exact) mass is 314 g/mol. The van der Waals surface area contributed by atoms with Crippen LogP contribution in [0.25, 0.3) is 0 Å². The van der Waals surface area contributed by atoms with Crippen LogP contribution in [0.15, 0.2) is 0 Å². The lowest BCUT2D eigenvalue weighted by Crippen LogP contribution is -2.37. The van der Waals surface area contributed by atoms with Crippen LogP contribution in [0.4, 0.5) is 4.79 Å². The van der Waals surface area contributed by atoms with Crippen molar-refractivity contribution < 1.29 is 29.3 Å². The molecule has 22 heavy (non-hydrogen) atoms. The second kappa shape index (κ2) is 6.95. The first-order valence-corrected chi connectivity index (χ1v) is 7.56. The molecule has 2 aliphatic rings. The SMILES string of the molecule is N[C@@H](C(=O)O)[C@@H]1[C@H](COC(=O)NC2CCCCC2)[C@H]1C(=O)O. The molecule has 0 aromatic carbocycles. The lowest BCUT2D eigenvalue weighted by atomic mass is 9.96. The summed E-state index contributed by atoms with van der Waals surface area (Å²) in [5.41, 5.74) is 5.48. The molecule has 2 aliphatic carbocycles. The minimum Gasteiger partial charge on any atom is -0.481 e. The summed E-state index contributed by atoms with van der Waals surface area (Å²) >= 11 is 0. The molecule has 0 saturated heterocycles. The number of nitrogens with one attached hydrogen (secondary N) is 1. The van der Waals surface area contributed by atoms with Crippen LogP contribution in [0.2, 0.25) is 0 Å². The maximum atomic E-state index is 11.7. The molecule has 1 amide bonds. The second-order valence-electron chi connectivity index (χ2n) is 6.05. The normalized spacial score (nSPS) is 29.4. The van der Waals surface area contributed by atoms with E-state index in [9.17, 15) is 14.4 Å². The van der Waals surface area contributed by atoms with E-state index >= 15 is 0 Å². The third-order valence-corrected chi connectivity index (χ3v) is 4.55. The summed E-state index contributed by atoms with van der Waals surface area (Å²) in [5.74, 6) is -4.46. The van der Waals surface area contributed by atoms with Gasteiger partial charge in [0.05, 0.1) is 12.5 Å². The first-order valence-electron chi connectivity index (χ1n) is 7.56. The molecule has 5 N–H and O–H groups in total. The number of aliphatic carboxylic acids is 2. The third-order valence-electron chi connectivity index (χ3n) is 4.55. The number of carboxylic acid groups (broad SMARTS) is 2. The largest absolute Gasteiger partial charge is 0.481 e. The third kappa shape index (κ3) is 3.88. The molecule has 0 spiro atoms. The number of carboxylic acids is 2. The van der Waals surface area contributed by atoms with E-state index in [-0.39, 0.29) is 12.6 Å². The Labute approximate surface area is 128 Å². The van der Waals surface area contributed by atoms with Gasteiger partial charge in [-0.15, -0.1) is 0 Å². The number of rotatable bonds is 6. The molecule has 4 atom stereocenters. The highest BCUT2D eigenvalue weighted by molar-refractivity contribution is 5.80. The van der Waals surface area contributed by atoms with Crippen molar-refractivity contribution in [2.45, 2.75) is 44.2 Å². The van der Waals surface area contributed by atoms with Crippen LogP contribution in [0.1, 0.15) is 32.1 Å². The zero-order valence-electron chi connectivity index (χ0n) is 12.2. The van der Waals surface area contributed by atoms with Crippen LogP contribution in [0, 0.1) is 17.8 Å². The molecule has 0 radical (unpaired) electrons. The fraction of sp³-hybridized carbons (Fsp3) is 0.786. The molecular weight excluding hydrogens is 292 g/mol. The molecule has 0 aromatic heterocycles. The van der Waals surface area contributed by atoms with Gasteiger partial charge in [0, 0.05) is 17.9 Å². The van der Waals surface area contributed by atoms with Gasteiger partial charge in [0.2, 0.25) is 0 Å². The lowest BCUT2D eigenvalue weighted by Gasteiger charge is -2.22. The Morgan fingerprint density at radius 3 is 2.36 bits per heavy atom. The Bertz CT molecular complexity index is 449. The Morgan fingerprint density at radius 1 is 1.18 bits per heavy atom. The fourth-order valence-corrected chi connectivity index (χ4v) is 3.24. The number of nitrogens with two attached hydrogens (primary N) is 1. The van der Waals surface area contributed by atoms with Gasteiger partial charge in [0.25, 0.3) is 0 Å². The summed E-state index contributed by atoms with van der Waals surface area (Å²) in [4.78, 5) is 33.6. The number of hydrogen-bond acceptors (Lipinski definition) is 5. The first-order chi connectivity index (χ1) is 10.4. The summed E-state index contributed by atoms with van der Waals surface area (Å²) < 4.78 is 5.05. The average molecular weight is 314 g/mol. The van der Waals surface area contributed by atoms with E-state index in [0.717, 1.165) is 25.7 Å². The van der Waals surface area contributed by atoms with E-state index in [1.54, 1.807) is 0 Å². The van der Waals surface area contributed by atoms with Crippen molar-refractivity contribution in [1.29, 1.82) is 0 Å². The second-order valence-corrected chi connectivity index (χ2v) is 6.05. The minimum atomic E-state index is -1.25. The molecule has 2 rings (SSSR count). The van der Waals surface area contributed by atoms with Gasteiger partial charge >= 0.3 is 18.0 Å². The molecule has 0 heterocycles. The molecule has 0 bridgehead atoms. The van der Waals surface area contributed by atoms with E-state index in [1.807, 2.05) is 0 Å². The van der Waals surface area contributed by atoms with E-state index in [2.05, 4.69) is 5.32 Å². The quantitative estimate of drug-likeness (QED) is 0.556. The zero-order chi connectivity index (χ0) is 16.3. The van der Waals surface area contributed by atoms with Gasteiger partial charge in [-0.25, -0.2) is 4.79 Å². The van der Waals surface area contributed by atoms with Crippen molar-refractivity contribution in [1.82, 2.24) is 5.32 Å². The number of carbonyl (C=O) groups excluding carboxylic acids is 1. The van der Waals surface area contributed by atoms with Crippen molar-refractivity contribution in [3.63, 3.8) is 0 Å². The topological polar surface area (TPSA) is 139 Å². The van der Waals surface area contributed by atoms with Crippen LogP contribution in [-0.4, -0.2) is 46.9 Å². The van der Waals surface area contributed by atoms with Crippen LogP contribution in [0.3, 0.4) is 0 Å². The molecule has 124 valence electrons. The molecule has 2 saturated carbocycles. The van der Waals surface area contributed by atoms with Gasteiger partial charge in [-0.05, 0) is 12.8 Å². The van der Waals surface area contributed by atoms with Crippen molar-refractivity contribution >= 4 is 18.0 Å². The number of ether oxygens (including phenoxy) is 1. The molecule has 8 heteroatoms. The van der Waals surface area contributed by atoms with Gasteiger partial charge in [0.1, 0.15) is 6.04 Å². The van der Waals surface area contributed by atoms with E-state index in [0.29, 0.717) is 0 Å². The Hall–Kier alpha value is -1.83. The number of alkyl carbamates (subject to hydrolysis) is 1. The Balaban J connectivity index is 1.78. The first kappa shape index (κ1) is 16.5. The molecular formula is C14H22N2O6. The predicted molar refractivity (Wildman–Crippen MR) is 75.1 cm³/mol. The Kier molecular flexibility index (Phi) is 5.23. The zero-order valence-corrected chi connectivity index (χ0v) is 12.2. The van der Waals surface area contributed by atoms with Gasteiger partial charge in [-0.2, -0.15) is 0 Å². The molecule has 2 fully saturated rings. The van der Waals surface area contributed by atoms with Crippen molar-refractivity contribution in [2.24, 2.45) is 23.5 Å². The maximum Gasteiger partial charge on any atom is 0.407 e. The Morgan fingerprint density at radius 2 is 1.82 bits per heavy atom. The van der Waals surface area contributed by atoms with E-state index in [4.69, 9.17) is 20.7 Å². The van der Waals surface area contributed by atoms with Crippen molar-refractivity contribution in [3.8, 4) is 0 Å². The summed E-state index contributed by atoms with van der Waals surface area (Å²) in [6, 6.07) is -1.15. The summed E-state index contributed by atoms with van der Waals surface area (Å²) in [5, 5.41) is 20.7. The number of amides is 1. The molecule has 0 aliphatic heterocycles. The van der Waals surface area contributed by atoms with Crippen LogP contribution in [-0.2, 0) is 14.3 Å². The average Bonchev–Trinajstić information content (AvgIpc) is 3.19. The van der Waals surface area contributed by atoms with Crippen LogP contribution < -0.4 is 11.1 Å². The van der Waals surface area contributed by atoms with Crippen molar-refractivity contribution in [3.05, 3.63) is 0 Å². The fourth-order valence-electron chi connectivity index (χ4n) is 3.24. The molecule has 0 unspecified atom stereocenters. The van der Waals surface area contributed by atoms with Gasteiger partial charge in [-0.1, -0.05) is 19.3 Å². The van der Waals surface area contributed by atoms with E-state index in [1.165, 1.54) is 6.42 Å². The van der Waals surface area contributed by atoms with Crippen LogP contribution >= 0.6 is 0 Å².